The molecule has 0 atom stereocenters. The van der Waals surface area contributed by atoms with Gasteiger partial charge in [-0.25, -0.2) is 13.2 Å². The van der Waals surface area contributed by atoms with Crippen LogP contribution in [-0.4, -0.2) is 5.54 Å². The number of rotatable bonds is 3. The van der Waals surface area contributed by atoms with Gasteiger partial charge in [0.15, 0.2) is 11.6 Å². The van der Waals surface area contributed by atoms with E-state index in [1.54, 1.807) is 13.8 Å². The van der Waals surface area contributed by atoms with E-state index in [4.69, 9.17) is 5.73 Å². The maximum Gasteiger partial charge on any atom is 0.162 e. The molecule has 0 bridgehead atoms. The average Bonchev–Trinajstić information content (AvgIpc) is 2.08. The summed E-state index contributed by atoms with van der Waals surface area (Å²) in [4.78, 5) is 0. The van der Waals surface area contributed by atoms with Crippen molar-refractivity contribution in [1.82, 2.24) is 0 Å². The highest BCUT2D eigenvalue weighted by Gasteiger charge is 2.24. The summed E-state index contributed by atoms with van der Waals surface area (Å²) >= 11 is 0. The molecule has 0 saturated carbocycles. The molecule has 0 saturated heterocycles. The van der Waals surface area contributed by atoms with Crippen LogP contribution in [0.2, 0.25) is 0 Å². The lowest BCUT2D eigenvalue weighted by molar-refractivity contribution is 0.220. The maximum absolute atomic E-state index is 13.7. The molecule has 0 spiro atoms. The van der Waals surface area contributed by atoms with Gasteiger partial charge in [-0.1, -0.05) is 0 Å². The van der Waals surface area contributed by atoms with Crippen molar-refractivity contribution in [2.24, 2.45) is 5.73 Å². The topological polar surface area (TPSA) is 26.0 Å². The predicted octanol–water partition coefficient (Wildman–Crippen LogP) is 3.45. The summed E-state index contributed by atoms with van der Waals surface area (Å²) in [6, 6.07) is 2.23. The van der Waals surface area contributed by atoms with Crippen molar-refractivity contribution < 1.29 is 13.2 Å². The van der Waals surface area contributed by atoms with E-state index < -0.39 is 22.8 Å². The largest absolute Gasteiger partial charge is 0.325 e. The molecule has 0 unspecified atom stereocenters. The van der Waals surface area contributed by atoms with Gasteiger partial charge in [0, 0.05) is 5.54 Å². The van der Waals surface area contributed by atoms with Gasteiger partial charge in [-0.2, -0.15) is 0 Å². The molecule has 0 aliphatic heterocycles. The quantitative estimate of drug-likeness (QED) is 0.867. The zero-order chi connectivity index (χ0) is 13.4. The third kappa shape index (κ3) is 3.73. The van der Waals surface area contributed by atoms with Crippen LogP contribution in [0.3, 0.4) is 0 Å². The van der Waals surface area contributed by atoms with Crippen molar-refractivity contribution in [3.8, 4) is 0 Å². The molecule has 0 amide bonds. The molecule has 4 heteroatoms. The first-order chi connectivity index (χ1) is 7.50. The monoisotopic (exact) mass is 245 g/mol. The molecule has 0 fully saturated rings. The minimum atomic E-state index is -1.71. The molecule has 1 aromatic carbocycles. The Bertz CT molecular complexity index is 414. The van der Waals surface area contributed by atoms with Crippen LogP contribution < -0.4 is 5.73 Å². The molecule has 0 aliphatic rings. The highest BCUT2D eigenvalue weighted by molar-refractivity contribution is 5.31. The minimum absolute atomic E-state index is 0.109. The third-order valence-electron chi connectivity index (χ3n) is 2.44. The molecule has 0 heterocycles. The number of nitrogens with two attached hydrogens (primary N) is 1. The van der Waals surface area contributed by atoms with Gasteiger partial charge < -0.3 is 5.73 Å². The number of benzene rings is 1. The van der Waals surface area contributed by atoms with Crippen LogP contribution in [-0.2, 0) is 12.1 Å². The predicted molar refractivity (Wildman–Crippen MR) is 62.5 cm³/mol. The zero-order valence-electron chi connectivity index (χ0n) is 10.6. The Labute approximate surface area is 99.8 Å². The standard InChI is InChI=1S/C13H18F3N/c1-12(2,17)7-8-5-9(13(3,4)16)6-10(14)11(8)15/h5-6H,7,17H2,1-4H3. The fourth-order valence-corrected chi connectivity index (χ4v) is 1.61. The van der Waals surface area contributed by atoms with E-state index in [0.717, 1.165) is 6.07 Å². The first-order valence-electron chi connectivity index (χ1n) is 5.47. The van der Waals surface area contributed by atoms with Crippen molar-refractivity contribution in [2.45, 2.75) is 45.3 Å². The van der Waals surface area contributed by atoms with Crippen LogP contribution in [0.5, 0.6) is 0 Å². The van der Waals surface area contributed by atoms with Gasteiger partial charge in [-0.15, -0.1) is 0 Å². The molecular weight excluding hydrogens is 227 g/mol. The molecule has 1 aromatic rings. The Balaban J connectivity index is 3.26. The van der Waals surface area contributed by atoms with Crippen LogP contribution in [0.15, 0.2) is 12.1 Å². The molecule has 0 aliphatic carbocycles. The second-order valence-corrected chi connectivity index (χ2v) is 5.57. The normalized spacial score (nSPS) is 12.9. The Hall–Kier alpha value is -1.03. The Morgan fingerprint density at radius 3 is 2.06 bits per heavy atom. The SMILES string of the molecule is CC(C)(N)Cc1cc(C(C)(C)F)cc(F)c1F. The lowest BCUT2D eigenvalue weighted by Gasteiger charge is -2.21. The molecular formula is C13H18F3N. The second-order valence-electron chi connectivity index (χ2n) is 5.57. The molecule has 0 aromatic heterocycles. The van der Waals surface area contributed by atoms with Gasteiger partial charge in [-0.3, -0.25) is 0 Å². The Morgan fingerprint density at radius 1 is 1.12 bits per heavy atom. The van der Waals surface area contributed by atoms with Crippen molar-refractivity contribution >= 4 is 0 Å². The lowest BCUT2D eigenvalue weighted by Crippen LogP contribution is -2.35. The second kappa shape index (κ2) is 4.33. The number of alkyl halides is 1. The van der Waals surface area contributed by atoms with Crippen molar-refractivity contribution in [1.29, 1.82) is 0 Å². The first kappa shape index (κ1) is 14.0. The fraction of sp³-hybridized carbons (Fsp3) is 0.538. The van der Waals surface area contributed by atoms with E-state index in [1.807, 2.05) is 0 Å². The smallest absolute Gasteiger partial charge is 0.162 e. The van der Waals surface area contributed by atoms with Gasteiger partial charge in [0.2, 0.25) is 0 Å². The summed E-state index contributed by atoms with van der Waals surface area (Å²) in [6.45, 7) is 6.02. The van der Waals surface area contributed by atoms with E-state index in [1.165, 1.54) is 19.9 Å². The molecule has 96 valence electrons. The Morgan fingerprint density at radius 2 is 1.65 bits per heavy atom. The Kier molecular flexibility index (Phi) is 3.58. The molecule has 0 radical (unpaired) electrons. The van der Waals surface area contributed by atoms with Crippen molar-refractivity contribution in [3.05, 3.63) is 34.9 Å². The van der Waals surface area contributed by atoms with Crippen LogP contribution in [0, 0.1) is 11.6 Å². The van der Waals surface area contributed by atoms with E-state index >= 15 is 0 Å². The maximum atomic E-state index is 13.7. The van der Waals surface area contributed by atoms with Gasteiger partial charge in [0.05, 0.1) is 0 Å². The molecule has 1 rings (SSSR count). The van der Waals surface area contributed by atoms with Crippen LogP contribution in [0.4, 0.5) is 13.2 Å². The van der Waals surface area contributed by atoms with Crippen molar-refractivity contribution in [3.63, 3.8) is 0 Å². The van der Waals surface area contributed by atoms with Crippen LogP contribution in [0.25, 0.3) is 0 Å². The summed E-state index contributed by atoms with van der Waals surface area (Å²) in [7, 11) is 0. The highest BCUT2D eigenvalue weighted by atomic mass is 19.2. The molecule has 2 N–H and O–H groups in total. The van der Waals surface area contributed by atoms with E-state index in [-0.39, 0.29) is 17.5 Å². The average molecular weight is 245 g/mol. The zero-order valence-corrected chi connectivity index (χ0v) is 10.6. The molecule has 17 heavy (non-hydrogen) atoms. The van der Waals surface area contributed by atoms with Gasteiger partial charge in [0.25, 0.3) is 0 Å². The lowest BCUT2D eigenvalue weighted by atomic mass is 9.91. The summed E-state index contributed by atoms with van der Waals surface area (Å²) in [6.07, 6.45) is 0.152. The summed E-state index contributed by atoms with van der Waals surface area (Å²) in [5.74, 6) is -1.98. The number of halogens is 3. The van der Waals surface area contributed by atoms with E-state index in [0.29, 0.717) is 0 Å². The fourth-order valence-electron chi connectivity index (χ4n) is 1.61. The van der Waals surface area contributed by atoms with E-state index in [9.17, 15) is 13.2 Å². The van der Waals surface area contributed by atoms with Gasteiger partial charge >= 0.3 is 0 Å². The molecule has 1 nitrogen and oxygen atoms in total. The summed E-state index contributed by atoms with van der Waals surface area (Å²) < 4.78 is 40.6. The van der Waals surface area contributed by atoms with Crippen molar-refractivity contribution in [2.75, 3.05) is 0 Å². The number of hydrogen-bond acceptors (Lipinski definition) is 1. The van der Waals surface area contributed by atoms with Gasteiger partial charge in [-0.05, 0) is 57.4 Å². The summed E-state index contributed by atoms with van der Waals surface area (Å²) in [5.41, 5.74) is 3.61. The first-order valence-corrected chi connectivity index (χ1v) is 5.47. The van der Waals surface area contributed by atoms with Gasteiger partial charge in [0.1, 0.15) is 5.67 Å². The highest BCUT2D eigenvalue weighted by Crippen LogP contribution is 2.28. The van der Waals surface area contributed by atoms with Crippen LogP contribution >= 0.6 is 0 Å². The van der Waals surface area contributed by atoms with Crippen LogP contribution in [0.1, 0.15) is 38.8 Å². The van der Waals surface area contributed by atoms with E-state index in [2.05, 4.69) is 0 Å². The third-order valence-corrected chi connectivity index (χ3v) is 2.44. The number of hydrogen-bond donors (Lipinski definition) is 1. The minimum Gasteiger partial charge on any atom is -0.325 e. The summed E-state index contributed by atoms with van der Waals surface area (Å²) in [5, 5.41) is 0.